The summed E-state index contributed by atoms with van der Waals surface area (Å²) in [4.78, 5) is 37.4. The fourth-order valence-electron chi connectivity index (χ4n) is 4.54. The molecular formula is C27H33N5O3S. The third-order valence-electron chi connectivity index (χ3n) is 6.40. The number of anilines is 1. The predicted molar refractivity (Wildman–Crippen MR) is 143 cm³/mol. The van der Waals surface area contributed by atoms with Crippen molar-refractivity contribution in [3.8, 4) is 5.75 Å². The van der Waals surface area contributed by atoms with E-state index < -0.39 is 0 Å². The molecule has 0 spiro atoms. The lowest BCUT2D eigenvalue weighted by molar-refractivity contribution is -0.132. The van der Waals surface area contributed by atoms with E-state index in [1.54, 1.807) is 25.5 Å². The summed E-state index contributed by atoms with van der Waals surface area (Å²) in [6, 6.07) is 7.77. The summed E-state index contributed by atoms with van der Waals surface area (Å²) in [5.41, 5.74) is 4.16. The van der Waals surface area contributed by atoms with Gasteiger partial charge in [0.2, 0.25) is 11.8 Å². The van der Waals surface area contributed by atoms with Crippen LogP contribution in [0.15, 0.2) is 35.5 Å². The maximum Gasteiger partial charge on any atom is 0.225 e. The summed E-state index contributed by atoms with van der Waals surface area (Å²) in [5, 5.41) is 3.90. The quantitative estimate of drug-likeness (QED) is 0.441. The van der Waals surface area contributed by atoms with Crippen molar-refractivity contribution in [3.63, 3.8) is 0 Å². The van der Waals surface area contributed by atoms with Gasteiger partial charge in [-0.3, -0.25) is 14.6 Å². The van der Waals surface area contributed by atoms with E-state index in [2.05, 4.69) is 15.3 Å². The van der Waals surface area contributed by atoms with E-state index in [1.807, 2.05) is 60.0 Å². The van der Waals surface area contributed by atoms with Crippen LogP contribution in [0.2, 0.25) is 0 Å². The minimum Gasteiger partial charge on any atom is -0.497 e. The molecule has 0 radical (unpaired) electrons. The molecular weight excluding hydrogens is 474 g/mol. The number of hydrogen-bond donors (Lipinski definition) is 1. The first-order chi connectivity index (χ1) is 17.4. The number of hydrogen-bond acceptors (Lipinski definition) is 6. The summed E-state index contributed by atoms with van der Waals surface area (Å²) in [7, 11) is 3.37. The molecule has 0 bridgehead atoms. The number of aryl methyl sites for hydroxylation is 4. The normalized spacial score (nSPS) is 13.2. The lowest BCUT2D eigenvalue weighted by atomic mass is 10.0. The highest BCUT2D eigenvalue weighted by atomic mass is 32.1. The van der Waals surface area contributed by atoms with E-state index >= 15 is 0 Å². The van der Waals surface area contributed by atoms with Crippen molar-refractivity contribution in [2.24, 2.45) is 4.99 Å². The van der Waals surface area contributed by atoms with E-state index in [0.29, 0.717) is 38.9 Å². The van der Waals surface area contributed by atoms with E-state index in [-0.39, 0.29) is 11.8 Å². The van der Waals surface area contributed by atoms with E-state index in [1.165, 1.54) is 5.56 Å². The highest BCUT2D eigenvalue weighted by Crippen LogP contribution is 2.36. The number of aromatic nitrogens is 2. The number of carbonyl (C=O) groups excluding carboxylic acids is 2. The van der Waals surface area contributed by atoms with Crippen molar-refractivity contribution < 1.29 is 14.3 Å². The van der Waals surface area contributed by atoms with Crippen molar-refractivity contribution in [1.82, 2.24) is 14.5 Å². The molecule has 3 aromatic rings. The third-order valence-corrected chi connectivity index (χ3v) is 7.55. The molecule has 1 aromatic carbocycles. The number of carbonyl (C=O) groups is 2. The molecule has 2 amide bonds. The highest BCUT2D eigenvalue weighted by Gasteiger charge is 2.27. The fraction of sp³-hybridized carbons (Fsp3) is 0.407. The molecule has 0 atom stereocenters. The number of benzene rings is 1. The Morgan fingerprint density at radius 1 is 1.28 bits per heavy atom. The number of fused-ring (bicyclic) bond motifs is 1. The number of thiophene rings is 1. The zero-order valence-electron chi connectivity index (χ0n) is 21.3. The Kier molecular flexibility index (Phi) is 8.20. The molecule has 0 fully saturated rings. The van der Waals surface area contributed by atoms with Gasteiger partial charge >= 0.3 is 0 Å². The number of ether oxygens (including phenoxy) is 1. The average Bonchev–Trinajstić information content (AvgIpc) is 3.38. The van der Waals surface area contributed by atoms with Gasteiger partial charge in [-0.1, -0.05) is 12.1 Å². The van der Waals surface area contributed by atoms with Crippen LogP contribution in [0.4, 0.5) is 5.00 Å². The van der Waals surface area contributed by atoms with Gasteiger partial charge in [-0.25, -0.2) is 4.98 Å². The molecule has 36 heavy (non-hydrogen) atoms. The van der Waals surface area contributed by atoms with Crippen LogP contribution in [0.5, 0.6) is 5.75 Å². The van der Waals surface area contributed by atoms with Gasteiger partial charge in [0.25, 0.3) is 0 Å². The molecule has 2 aromatic heterocycles. The second kappa shape index (κ2) is 11.5. The van der Waals surface area contributed by atoms with Gasteiger partial charge in [-0.15, -0.1) is 11.3 Å². The van der Waals surface area contributed by atoms with Crippen LogP contribution in [-0.4, -0.2) is 53.2 Å². The monoisotopic (exact) mass is 507 g/mol. The second-order valence-corrected chi connectivity index (χ2v) is 10.1. The molecule has 0 unspecified atom stereocenters. The smallest absolute Gasteiger partial charge is 0.225 e. The van der Waals surface area contributed by atoms with Crippen molar-refractivity contribution in [2.75, 3.05) is 26.0 Å². The van der Waals surface area contributed by atoms with Crippen LogP contribution >= 0.6 is 11.3 Å². The number of rotatable bonds is 9. The summed E-state index contributed by atoms with van der Waals surface area (Å²) >= 11 is 1.55. The highest BCUT2D eigenvalue weighted by molar-refractivity contribution is 7.16. The van der Waals surface area contributed by atoms with Crippen LogP contribution in [0, 0.1) is 13.8 Å². The molecule has 0 aliphatic carbocycles. The maximum absolute atomic E-state index is 13.0. The summed E-state index contributed by atoms with van der Waals surface area (Å²) < 4.78 is 7.30. The Morgan fingerprint density at radius 2 is 2.11 bits per heavy atom. The Balaban J connectivity index is 1.39. The van der Waals surface area contributed by atoms with Crippen molar-refractivity contribution in [3.05, 3.63) is 63.5 Å². The summed E-state index contributed by atoms with van der Waals surface area (Å²) in [6.45, 7) is 5.77. The number of amides is 2. The van der Waals surface area contributed by atoms with Gasteiger partial charge in [0, 0.05) is 55.8 Å². The minimum atomic E-state index is -0.0407. The van der Waals surface area contributed by atoms with Crippen molar-refractivity contribution >= 4 is 34.4 Å². The minimum absolute atomic E-state index is 0.0407. The number of imidazole rings is 1. The average molecular weight is 508 g/mol. The number of aliphatic imine (C=N–C) groups is 1. The van der Waals surface area contributed by atoms with Gasteiger partial charge in [0.1, 0.15) is 16.6 Å². The SMILES string of the molecule is CN=Cc1c(NC(=O)CCc2cccc(OC)c2)sc2c1CCN(C(=O)CCn1cc(C)nc1C)C2. The Hall–Kier alpha value is -3.46. The third kappa shape index (κ3) is 6.02. The first kappa shape index (κ1) is 25.6. The molecule has 0 saturated heterocycles. The Morgan fingerprint density at radius 3 is 2.83 bits per heavy atom. The molecule has 8 nitrogen and oxygen atoms in total. The zero-order chi connectivity index (χ0) is 25.7. The maximum atomic E-state index is 13.0. The Bertz CT molecular complexity index is 1280. The summed E-state index contributed by atoms with van der Waals surface area (Å²) in [6.07, 6.45) is 5.99. The lowest BCUT2D eigenvalue weighted by Crippen LogP contribution is -2.36. The number of methoxy groups -OCH3 is 1. The standard InChI is InChI=1S/C27H33N5O3S/c1-18-16-31(19(2)29-18)13-11-26(34)32-12-10-22-23(15-28-3)27(36-24(22)17-32)30-25(33)9-8-20-6-5-7-21(14-20)35-4/h5-7,14-16H,8-13,17H2,1-4H3,(H,30,33). The lowest BCUT2D eigenvalue weighted by Gasteiger charge is -2.27. The summed E-state index contributed by atoms with van der Waals surface area (Å²) in [5.74, 6) is 1.81. The molecule has 0 saturated carbocycles. The molecule has 9 heteroatoms. The van der Waals surface area contributed by atoms with Gasteiger partial charge in [0.15, 0.2) is 0 Å². The van der Waals surface area contributed by atoms with Gasteiger partial charge < -0.3 is 19.5 Å². The van der Waals surface area contributed by atoms with Crippen LogP contribution in [-0.2, 0) is 35.5 Å². The molecule has 190 valence electrons. The topological polar surface area (TPSA) is 88.8 Å². The molecule has 4 rings (SSSR count). The molecule has 3 heterocycles. The van der Waals surface area contributed by atoms with Gasteiger partial charge in [-0.05, 0) is 49.9 Å². The molecule has 1 aliphatic heterocycles. The number of nitrogens with one attached hydrogen (secondary N) is 1. The van der Waals surface area contributed by atoms with Crippen molar-refractivity contribution in [1.29, 1.82) is 0 Å². The first-order valence-corrected chi connectivity index (χ1v) is 13.0. The van der Waals surface area contributed by atoms with Crippen LogP contribution in [0.3, 0.4) is 0 Å². The molecule has 1 N–H and O–H groups in total. The van der Waals surface area contributed by atoms with Gasteiger partial charge in [-0.2, -0.15) is 0 Å². The zero-order valence-corrected chi connectivity index (χ0v) is 22.2. The van der Waals surface area contributed by atoms with E-state index in [0.717, 1.165) is 44.7 Å². The van der Waals surface area contributed by atoms with E-state index in [9.17, 15) is 9.59 Å². The number of nitrogens with zero attached hydrogens (tertiary/aromatic N) is 4. The van der Waals surface area contributed by atoms with Crippen LogP contribution in [0.25, 0.3) is 0 Å². The van der Waals surface area contributed by atoms with Gasteiger partial charge in [0.05, 0.1) is 19.3 Å². The molecule has 1 aliphatic rings. The predicted octanol–water partition coefficient (Wildman–Crippen LogP) is 4.17. The fourth-order valence-corrected chi connectivity index (χ4v) is 5.79. The largest absolute Gasteiger partial charge is 0.497 e. The first-order valence-electron chi connectivity index (χ1n) is 12.2. The second-order valence-electron chi connectivity index (χ2n) is 8.97. The van der Waals surface area contributed by atoms with E-state index in [4.69, 9.17) is 4.74 Å². The Labute approximate surface area is 216 Å². The van der Waals surface area contributed by atoms with Crippen LogP contribution in [0.1, 0.15) is 45.9 Å². The van der Waals surface area contributed by atoms with Crippen LogP contribution < -0.4 is 10.1 Å². The van der Waals surface area contributed by atoms with Crippen molar-refractivity contribution in [2.45, 2.75) is 52.6 Å².